The molecule has 0 aliphatic carbocycles. The maximum atomic E-state index is 12.4. The van der Waals surface area contributed by atoms with Crippen molar-refractivity contribution in [3.63, 3.8) is 0 Å². The number of rotatable bonds is 5. The summed E-state index contributed by atoms with van der Waals surface area (Å²) in [5.41, 5.74) is 8.22. The van der Waals surface area contributed by atoms with Crippen molar-refractivity contribution in [2.75, 3.05) is 6.54 Å². The highest BCUT2D eigenvalue weighted by atomic mass is 35.5. The Morgan fingerprint density at radius 2 is 2.00 bits per heavy atom. The molecule has 21 heavy (non-hydrogen) atoms. The molecule has 3 nitrogen and oxygen atoms in total. The van der Waals surface area contributed by atoms with Gasteiger partial charge in [-0.1, -0.05) is 41.9 Å². The van der Waals surface area contributed by atoms with Gasteiger partial charge in [0, 0.05) is 10.6 Å². The quantitative estimate of drug-likeness (QED) is 0.890. The van der Waals surface area contributed by atoms with E-state index < -0.39 is 0 Å². The van der Waals surface area contributed by atoms with Crippen LogP contribution >= 0.6 is 11.6 Å². The van der Waals surface area contributed by atoms with Gasteiger partial charge in [0.25, 0.3) is 5.91 Å². The Balaban J connectivity index is 2.14. The normalized spacial score (nSPS) is 12.0. The average molecular weight is 303 g/mol. The lowest BCUT2D eigenvalue weighted by Gasteiger charge is -2.16. The molecule has 1 amide bonds. The van der Waals surface area contributed by atoms with E-state index in [1.165, 1.54) is 0 Å². The number of hydrogen-bond donors (Lipinski definition) is 2. The Morgan fingerprint density at radius 3 is 2.71 bits per heavy atom. The van der Waals surface area contributed by atoms with Crippen molar-refractivity contribution in [1.82, 2.24) is 5.32 Å². The molecule has 0 radical (unpaired) electrons. The lowest BCUT2D eigenvalue weighted by atomic mass is 10.0. The highest BCUT2D eigenvalue weighted by Gasteiger charge is 2.14. The molecule has 4 heteroatoms. The van der Waals surface area contributed by atoms with Crippen LogP contribution in [0.15, 0.2) is 48.5 Å². The molecule has 3 N–H and O–H groups in total. The van der Waals surface area contributed by atoms with Gasteiger partial charge in [-0.2, -0.15) is 0 Å². The second-order valence-electron chi connectivity index (χ2n) is 4.95. The summed E-state index contributed by atoms with van der Waals surface area (Å²) in [6, 6.07) is 14.9. The van der Waals surface area contributed by atoms with Crippen molar-refractivity contribution in [1.29, 1.82) is 0 Å². The zero-order valence-electron chi connectivity index (χ0n) is 12.0. The Hall–Kier alpha value is -1.84. The molecule has 0 saturated heterocycles. The maximum absolute atomic E-state index is 12.4. The second-order valence-corrected chi connectivity index (χ2v) is 5.38. The highest BCUT2D eigenvalue weighted by Crippen LogP contribution is 2.18. The molecule has 1 unspecified atom stereocenters. The standard InChI is InChI=1S/C17H19ClN2O/c1-12(14-6-4-7-15(18)11-14)20-17(21)16-8-3-2-5-13(16)9-10-19/h2-8,11-12H,9-10,19H2,1H3,(H,20,21). The van der Waals surface area contributed by atoms with Crippen molar-refractivity contribution < 1.29 is 4.79 Å². The van der Waals surface area contributed by atoms with Crippen LogP contribution in [0.5, 0.6) is 0 Å². The minimum absolute atomic E-state index is 0.0912. The number of carbonyl (C=O) groups is 1. The summed E-state index contributed by atoms with van der Waals surface area (Å²) in [5.74, 6) is -0.0912. The Morgan fingerprint density at radius 1 is 1.24 bits per heavy atom. The summed E-state index contributed by atoms with van der Waals surface area (Å²) in [6.07, 6.45) is 0.690. The Bertz CT molecular complexity index is 628. The smallest absolute Gasteiger partial charge is 0.252 e. The van der Waals surface area contributed by atoms with Crippen LogP contribution in [0.1, 0.15) is 34.5 Å². The van der Waals surface area contributed by atoms with E-state index in [9.17, 15) is 4.79 Å². The number of halogens is 1. The molecule has 0 saturated carbocycles. The van der Waals surface area contributed by atoms with E-state index in [-0.39, 0.29) is 11.9 Å². The van der Waals surface area contributed by atoms with E-state index in [0.717, 1.165) is 11.1 Å². The largest absolute Gasteiger partial charge is 0.346 e. The van der Waals surface area contributed by atoms with Gasteiger partial charge in [0.05, 0.1) is 6.04 Å². The third-order valence-corrected chi connectivity index (χ3v) is 3.61. The molecule has 2 aromatic carbocycles. The zero-order valence-corrected chi connectivity index (χ0v) is 12.7. The van der Waals surface area contributed by atoms with Gasteiger partial charge in [-0.25, -0.2) is 0 Å². The molecule has 1 atom stereocenters. The maximum Gasteiger partial charge on any atom is 0.252 e. The molecule has 0 bridgehead atoms. The third kappa shape index (κ3) is 4.06. The van der Waals surface area contributed by atoms with Gasteiger partial charge in [-0.3, -0.25) is 4.79 Å². The highest BCUT2D eigenvalue weighted by molar-refractivity contribution is 6.30. The van der Waals surface area contributed by atoms with Crippen molar-refractivity contribution in [2.24, 2.45) is 5.73 Å². The van der Waals surface area contributed by atoms with Gasteiger partial charge < -0.3 is 11.1 Å². The van der Waals surface area contributed by atoms with Crippen LogP contribution < -0.4 is 11.1 Å². The fourth-order valence-corrected chi connectivity index (χ4v) is 2.45. The number of hydrogen-bond acceptors (Lipinski definition) is 2. The predicted molar refractivity (Wildman–Crippen MR) is 86.5 cm³/mol. The van der Waals surface area contributed by atoms with Gasteiger partial charge in [-0.15, -0.1) is 0 Å². The van der Waals surface area contributed by atoms with Gasteiger partial charge >= 0.3 is 0 Å². The summed E-state index contributed by atoms with van der Waals surface area (Å²) >= 11 is 5.98. The van der Waals surface area contributed by atoms with Crippen LogP contribution in [0.3, 0.4) is 0 Å². The van der Waals surface area contributed by atoms with E-state index in [1.54, 1.807) is 0 Å². The number of nitrogens with one attached hydrogen (secondary N) is 1. The molecule has 0 spiro atoms. The van der Waals surface area contributed by atoms with Crippen molar-refractivity contribution in [3.05, 3.63) is 70.2 Å². The van der Waals surface area contributed by atoms with Crippen LogP contribution in [0, 0.1) is 0 Å². The summed E-state index contributed by atoms with van der Waals surface area (Å²) < 4.78 is 0. The van der Waals surface area contributed by atoms with Gasteiger partial charge in [0.1, 0.15) is 0 Å². The van der Waals surface area contributed by atoms with Gasteiger partial charge in [0.15, 0.2) is 0 Å². The first-order valence-electron chi connectivity index (χ1n) is 6.96. The fourth-order valence-electron chi connectivity index (χ4n) is 2.25. The molecule has 110 valence electrons. The van der Waals surface area contributed by atoms with Gasteiger partial charge in [0.2, 0.25) is 0 Å². The van der Waals surface area contributed by atoms with Crippen LogP contribution in [0.2, 0.25) is 5.02 Å². The summed E-state index contributed by atoms with van der Waals surface area (Å²) in [5, 5.41) is 3.66. The lowest BCUT2D eigenvalue weighted by molar-refractivity contribution is 0.0939. The first kappa shape index (κ1) is 15.5. The first-order valence-corrected chi connectivity index (χ1v) is 7.34. The summed E-state index contributed by atoms with van der Waals surface area (Å²) in [4.78, 5) is 12.4. The average Bonchev–Trinajstić information content (AvgIpc) is 2.48. The first-order chi connectivity index (χ1) is 10.1. The Labute approximate surface area is 130 Å². The predicted octanol–water partition coefficient (Wildman–Crippen LogP) is 3.33. The molecular formula is C17H19ClN2O. The molecule has 2 aromatic rings. The van der Waals surface area contributed by atoms with E-state index in [2.05, 4.69) is 5.32 Å². The molecule has 0 aromatic heterocycles. The van der Waals surface area contributed by atoms with Crippen molar-refractivity contribution in [3.8, 4) is 0 Å². The summed E-state index contributed by atoms with van der Waals surface area (Å²) in [6.45, 7) is 2.46. The molecule has 0 heterocycles. The van der Waals surface area contributed by atoms with E-state index >= 15 is 0 Å². The van der Waals surface area contributed by atoms with E-state index in [0.29, 0.717) is 23.6 Å². The third-order valence-electron chi connectivity index (χ3n) is 3.37. The van der Waals surface area contributed by atoms with Crippen LogP contribution in [-0.4, -0.2) is 12.5 Å². The minimum Gasteiger partial charge on any atom is -0.346 e. The van der Waals surface area contributed by atoms with Crippen LogP contribution in [0.4, 0.5) is 0 Å². The monoisotopic (exact) mass is 302 g/mol. The van der Waals surface area contributed by atoms with Crippen molar-refractivity contribution >= 4 is 17.5 Å². The van der Waals surface area contributed by atoms with Gasteiger partial charge in [-0.05, 0) is 49.2 Å². The molecule has 2 rings (SSSR count). The van der Waals surface area contributed by atoms with E-state index in [1.807, 2.05) is 55.5 Å². The van der Waals surface area contributed by atoms with Crippen LogP contribution in [-0.2, 0) is 6.42 Å². The molecule has 0 aliphatic rings. The molecule has 0 aliphatic heterocycles. The lowest BCUT2D eigenvalue weighted by Crippen LogP contribution is -2.27. The Kier molecular flexibility index (Phi) is 5.37. The van der Waals surface area contributed by atoms with E-state index in [4.69, 9.17) is 17.3 Å². The van der Waals surface area contributed by atoms with Crippen LogP contribution in [0.25, 0.3) is 0 Å². The zero-order chi connectivity index (χ0) is 15.2. The topological polar surface area (TPSA) is 55.1 Å². The number of nitrogens with two attached hydrogens (primary N) is 1. The molecule has 0 fully saturated rings. The number of benzene rings is 2. The minimum atomic E-state index is -0.109. The number of amides is 1. The number of carbonyl (C=O) groups excluding carboxylic acids is 1. The van der Waals surface area contributed by atoms with Crippen molar-refractivity contribution in [2.45, 2.75) is 19.4 Å². The fraction of sp³-hybridized carbons (Fsp3) is 0.235. The SMILES string of the molecule is CC(NC(=O)c1ccccc1CCN)c1cccc(Cl)c1. The molecular weight excluding hydrogens is 284 g/mol. The summed E-state index contributed by atoms with van der Waals surface area (Å²) in [7, 11) is 0. The second kappa shape index (κ2) is 7.25.